The van der Waals surface area contributed by atoms with Gasteiger partial charge in [-0.3, -0.25) is 0 Å². The van der Waals surface area contributed by atoms with E-state index in [1.165, 1.54) is 6.92 Å². The monoisotopic (exact) mass is 212 g/mol. The second-order valence-corrected chi connectivity index (χ2v) is 3.61. The van der Waals surface area contributed by atoms with Gasteiger partial charge in [-0.25, -0.2) is 4.79 Å². The third-order valence-electron chi connectivity index (χ3n) is 2.22. The van der Waals surface area contributed by atoms with E-state index in [4.69, 9.17) is 14.4 Å². The highest BCUT2D eigenvalue weighted by Crippen LogP contribution is 2.38. The zero-order chi connectivity index (χ0) is 10.8. The molecule has 0 bridgehead atoms. The Balaban J connectivity index is 1.85. The summed E-state index contributed by atoms with van der Waals surface area (Å²) in [7, 11) is 0. The number of aromatic nitrogens is 2. The number of ether oxygens (including phenoxy) is 1. The Labute approximate surface area is 86.2 Å². The van der Waals surface area contributed by atoms with E-state index >= 15 is 0 Å². The molecule has 1 heterocycles. The van der Waals surface area contributed by atoms with Gasteiger partial charge in [-0.1, -0.05) is 5.16 Å². The number of aliphatic carboxylic acids is 1. The first-order valence-corrected chi connectivity index (χ1v) is 4.83. The second kappa shape index (κ2) is 3.98. The number of hydrogen-bond donors (Lipinski definition) is 1. The molecule has 0 saturated heterocycles. The van der Waals surface area contributed by atoms with Crippen molar-refractivity contribution in [2.75, 3.05) is 0 Å². The largest absolute Gasteiger partial charge is 0.479 e. The topological polar surface area (TPSA) is 85.5 Å². The molecule has 6 nitrogen and oxygen atoms in total. The lowest BCUT2D eigenvalue weighted by Gasteiger charge is -2.04. The summed E-state index contributed by atoms with van der Waals surface area (Å²) in [6.07, 6.45) is 1.33. The first kappa shape index (κ1) is 10.1. The van der Waals surface area contributed by atoms with Gasteiger partial charge in [0.15, 0.2) is 11.9 Å². The zero-order valence-corrected chi connectivity index (χ0v) is 8.34. The smallest absolute Gasteiger partial charge is 0.332 e. The molecule has 1 N–H and O–H groups in total. The van der Waals surface area contributed by atoms with Crippen LogP contribution in [0.25, 0.3) is 0 Å². The molecule has 1 fully saturated rings. The van der Waals surface area contributed by atoms with Gasteiger partial charge in [-0.05, 0) is 19.8 Å². The summed E-state index contributed by atoms with van der Waals surface area (Å²) in [6, 6.07) is 0. The van der Waals surface area contributed by atoms with Crippen molar-refractivity contribution in [2.45, 2.75) is 38.4 Å². The summed E-state index contributed by atoms with van der Waals surface area (Å²) in [4.78, 5) is 14.6. The summed E-state index contributed by atoms with van der Waals surface area (Å²) in [5.41, 5.74) is 0. The predicted octanol–water partition coefficient (Wildman–Crippen LogP) is 0.937. The zero-order valence-electron chi connectivity index (χ0n) is 8.34. The van der Waals surface area contributed by atoms with Gasteiger partial charge in [0.2, 0.25) is 5.89 Å². The number of carboxylic acids is 1. The van der Waals surface area contributed by atoms with Crippen LogP contribution in [0.5, 0.6) is 0 Å². The third-order valence-corrected chi connectivity index (χ3v) is 2.22. The summed E-state index contributed by atoms with van der Waals surface area (Å²) in [6.45, 7) is 1.54. The van der Waals surface area contributed by atoms with Crippen molar-refractivity contribution in [3.63, 3.8) is 0 Å². The van der Waals surface area contributed by atoms with Gasteiger partial charge in [0, 0.05) is 5.92 Å². The summed E-state index contributed by atoms with van der Waals surface area (Å²) < 4.78 is 10.0. The maximum Gasteiger partial charge on any atom is 0.332 e. The Morgan fingerprint density at radius 1 is 1.73 bits per heavy atom. The number of carboxylic acid groups (broad SMARTS) is 1. The fourth-order valence-electron chi connectivity index (χ4n) is 1.09. The van der Waals surface area contributed by atoms with E-state index < -0.39 is 12.1 Å². The van der Waals surface area contributed by atoms with Gasteiger partial charge in [0.1, 0.15) is 6.61 Å². The van der Waals surface area contributed by atoms with Crippen LogP contribution < -0.4 is 0 Å². The molecule has 0 amide bonds. The van der Waals surface area contributed by atoms with Gasteiger partial charge in [0.05, 0.1) is 0 Å². The van der Waals surface area contributed by atoms with Crippen LogP contribution in [0, 0.1) is 0 Å². The standard InChI is InChI=1S/C9H12N2O4/c1-5(9(12)13)14-4-7-10-8(15-11-7)6-2-3-6/h5-6H,2-4H2,1H3,(H,12,13)/t5-/m1/s1. The van der Waals surface area contributed by atoms with Gasteiger partial charge >= 0.3 is 5.97 Å². The molecule has 1 aliphatic rings. The molecule has 0 aromatic carbocycles. The molecule has 1 aromatic rings. The van der Waals surface area contributed by atoms with Gasteiger partial charge in [0.25, 0.3) is 0 Å². The van der Waals surface area contributed by atoms with E-state index in [0.29, 0.717) is 17.6 Å². The van der Waals surface area contributed by atoms with E-state index in [2.05, 4.69) is 10.1 Å². The molecular weight excluding hydrogens is 200 g/mol. The van der Waals surface area contributed by atoms with Crippen molar-refractivity contribution in [1.29, 1.82) is 0 Å². The number of carbonyl (C=O) groups is 1. The van der Waals surface area contributed by atoms with Crippen LogP contribution in [0.15, 0.2) is 4.52 Å². The van der Waals surface area contributed by atoms with Crippen LogP contribution in [0.4, 0.5) is 0 Å². The fraction of sp³-hybridized carbons (Fsp3) is 0.667. The Morgan fingerprint density at radius 2 is 2.47 bits per heavy atom. The molecule has 6 heteroatoms. The van der Waals surface area contributed by atoms with Crippen molar-refractivity contribution in [3.05, 3.63) is 11.7 Å². The first-order valence-electron chi connectivity index (χ1n) is 4.83. The van der Waals surface area contributed by atoms with Crippen molar-refractivity contribution in [2.24, 2.45) is 0 Å². The maximum absolute atomic E-state index is 10.5. The molecule has 2 rings (SSSR count). The molecule has 1 aliphatic carbocycles. The second-order valence-electron chi connectivity index (χ2n) is 3.61. The Kier molecular flexibility index (Phi) is 2.68. The number of hydrogen-bond acceptors (Lipinski definition) is 5. The Bertz CT molecular complexity index is 359. The van der Waals surface area contributed by atoms with Crippen LogP contribution in [-0.2, 0) is 16.1 Å². The van der Waals surface area contributed by atoms with E-state index in [0.717, 1.165) is 12.8 Å². The van der Waals surface area contributed by atoms with Gasteiger partial charge in [-0.2, -0.15) is 4.98 Å². The molecule has 82 valence electrons. The minimum atomic E-state index is -0.999. The Hall–Kier alpha value is -1.43. The third kappa shape index (κ3) is 2.53. The molecule has 1 aromatic heterocycles. The van der Waals surface area contributed by atoms with E-state index in [-0.39, 0.29) is 6.61 Å². The molecule has 0 spiro atoms. The lowest BCUT2D eigenvalue weighted by molar-refractivity contribution is -0.150. The molecule has 1 atom stereocenters. The van der Waals surface area contributed by atoms with Gasteiger partial charge in [-0.15, -0.1) is 0 Å². The highest BCUT2D eigenvalue weighted by atomic mass is 16.5. The fourth-order valence-corrected chi connectivity index (χ4v) is 1.09. The SMILES string of the molecule is C[C@@H](OCc1noc(C2CC2)n1)C(=O)O. The molecule has 0 radical (unpaired) electrons. The quantitative estimate of drug-likeness (QED) is 0.781. The lowest BCUT2D eigenvalue weighted by Crippen LogP contribution is -2.19. The van der Waals surface area contributed by atoms with E-state index in [9.17, 15) is 4.79 Å². The van der Waals surface area contributed by atoms with Crippen LogP contribution in [0.3, 0.4) is 0 Å². The Morgan fingerprint density at radius 3 is 3.07 bits per heavy atom. The highest BCUT2D eigenvalue weighted by Gasteiger charge is 2.29. The molecule has 0 aliphatic heterocycles. The molecule has 0 unspecified atom stereocenters. The van der Waals surface area contributed by atoms with Crippen molar-refractivity contribution in [3.8, 4) is 0 Å². The first-order chi connectivity index (χ1) is 7.16. The summed E-state index contributed by atoms with van der Waals surface area (Å²) >= 11 is 0. The predicted molar refractivity (Wildman–Crippen MR) is 48.2 cm³/mol. The minimum Gasteiger partial charge on any atom is -0.479 e. The van der Waals surface area contributed by atoms with Crippen molar-refractivity contribution < 1.29 is 19.2 Å². The van der Waals surface area contributed by atoms with Crippen LogP contribution >= 0.6 is 0 Å². The van der Waals surface area contributed by atoms with E-state index in [1.807, 2.05) is 0 Å². The van der Waals surface area contributed by atoms with E-state index in [1.54, 1.807) is 0 Å². The van der Waals surface area contributed by atoms with Gasteiger partial charge < -0.3 is 14.4 Å². The molecule has 15 heavy (non-hydrogen) atoms. The highest BCUT2D eigenvalue weighted by molar-refractivity contribution is 5.71. The number of nitrogens with zero attached hydrogens (tertiary/aromatic N) is 2. The van der Waals surface area contributed by atoms with Crippen molar-refractivity contribution >= 4 is 5.97 Å². The van der Waals surface area contributed by atoms with Crippen LogP contribution in [0.2, 0.25) is 0 Å². The van der Waals surface area contributed by atoms with Crippen molar-refractivity contribution in [1.82, 2.24) is 10.1 Å². The summed E-state index contributed by atoms with van der Waals surface area (Å²) in [5, 5.41) is 12.3. The normalized spacial score (nSPS) is 17.7. The molecular formula is C9H12N2O4. The summed E-state index contributed by atoms with van der Waals surface area (Å²) in [5.74, 6) is 0.450. The average Bonchev–Trinajstić information content (AvgIpc) is 2.95. The number of rotatable bonds is 5. The average molecular weight is 212 g/mol. The molecule has 1 saturated carbocycles. The lowest BCUT2D eigenvalue weighted by atomic mass is 10.4. The van der Waals surface area contributed by atoms with Crippen LogP contribution in [0.1, 0.15) is 37.4 Å². The maximum atomic E-state index is 10.5. The van der Waals surface area contributed by atoms with Crippen LogP contribution in [-0.4, -0.2) is 27.3 Å². The minimum absolute atomic E-state index is 0.0731.